The zero-order chi connectivity index (χ0) is 9.57. The van der Waals surface area contributed by atoms with Crippen LogP contribution in [0.5, 0.6) is 0 Å². The molecule has 0 aromatic rings. The van der Waals surface area contributed by atoms with E-state index in [1.54, 1.807) is 0 Å². The average molecular weight is 144 g/mol. The maximum Gasteiger partial charge on any atom is 0.0573 e. The first-order chi connectivity index (χ1) is 5.22. The molecule has 0 saturated heterocycles. The Bertz CT molecular complexity index is 172. The molecule has 60 valence electrons. The molecule has 1 fully saturated rings. The molecular formula is C9H18O. The lowest BCUT2D eigenvalue weighted by molar-refractivity contribution is 0.0684. The van der Waals surface area contributed by atoms with Crippen LogP contribution in [0.1, 0.15) is 42.7 Å². The van der Waals surface area contributed by atoms with Crippen molar-refractivity contribution < 1.29 is 7.85 Å². The normalized spacial score (nSPS) is 42.8. The van der Waals surface area contributed by atoms with Gasteiger partial charge in [0.05, 0.1) is 6.10 Å². The zero-order valence-corrected chi connectivity index (χ0v) is 7.02. The Morgan fingerprint density at radius 2 is 2.00 bits per heavy atom. The van der Waals surface area contributed by atoms with Crippen LogP contribution in [-0.4, -0.2) is 11.2 Å². The first kappa shape index (κ1) is 5.59. The third-order valence-corrected chi connectivity index (χ3v) is 2.29. The number of aliphatic hydroxyl groups excluding tert-OH is 1. The van der Waals surface area contributed by atoms with Crippen LogP contribution in [0.3, 0.4) is 0 Å². The van der Waals surface area contributed by atoms with E-state index < -0.39 is 12.5 Å². The third kappa shape index (κ3) is 1.51. The molecule has 1 N–H and O–H groups in total. The standard InChI is InChI=1S/C9H18O/c1-9(2,3)7-5-4-6-8(7)10/h7-8,10H,4-6H2,1-3H3/i4D2. The Balaban J connectivity index is 2.71. The summed E-state index contributed by atoms with van der Waals surface area (Å²) in [6.07, 6.45) is -0.816. The summed E-state index contributed by atoms with van der Waals surface area (Å²) in [7, 11) is 0. The second-order valence-electron chi connectivity index (χ2n) is 4.20. The summed E-state index contributed by atoms with van der Waals surface area (Å²) in [5.74, 6) is 0.104. The highest BCUT2D eigenvalue weighted by Crippen LogP contribution is 2.38. The van der Waals surface area contributed by atoms with Gasteiger partial charge in [0, 0.05) is 2.74 Å². The van der Waals surface area contributed by atoms with Gasteiger partial charge in [-0.3, -0.25) is 0 Å². The lowest BCUT2D eigenvalue weighted by Gasteiger charge is -2.29. The lowest BCUT2D eigenvalue weighted by atomic mass is 9.79. The Hall–Kier alpha value is -0.0400. The number of aliphatic hydroxyl groups is 1. The van der Waals surface area contributed by atoms with Gasteiger partial charge < -0.3 is 5.11 Å². The molecule has 0 amide bonds. The van der Waals surface area contributed by atoms with Gasteiger partial charge in [-0.1, -0.05) is 27.1 Å². The van der Waals surface area contributed by atoms with Gasteiger partial charge in [0.1, 0.15) is 0 Å². The molecule has 1 heteroatoms. The molecule has 0 aromatic heterocycles. The average Bonchev–Trinajstić information content (AvgIpc) is 2.03. The summed E-state index contributed by atoms with van der Waals surface area (Å²) in [4.78, 5) is 0. The van der Waals surface area contributed by atoms with E-state index in [0.29, 0.717) is 12.8 Å². The fraction of sp³-hybridized carbons (Fsp3) is 1.00. The van der Waals surface area contributed by atoms with E-state index in [0.717, 1.165) is 0 Å². The van der Waals surface area contributed by atoms with E-state index in [4.69, 9.17) is 2.74 Å². The summed E-state index contributed by atoms with van der Waals surface area (Å²) in [5.41, 5.74) is 0.0171. The van der Waals surface area contributed by atoms with Gasteiger partial charge in [0.15, 0.2) is 0 Å². The molecule has 1 rings (SSSR count). The van der Waals surface area contributed by atoms with E-state index in [1.807, 2.05) is 0 Å². The van der Waals surface area contributed by atoms with E-state index in [1.165, 1.54) is 0 Å². The van der Waals surface area contributed by atoms with Gasteiger partial charge in [0.2, 0.25) is 0 Å². The minimum atomic E-state index is -1.16. The molecule has 1 saturated carbocycles. The number of hydrogen-bond donors (Lipinski definition) is 1. The number of rotatable bonds is 0. The summed E-state index contributed by atoms with van der Waals surface area (Å²) in [6.45, 7) is 6.17. The van der Waals surface area contributed by atoms with Gasteiger partial charge in [-0.05, 0) is 24.2 Å². The smallest absolute Gasteiger partial charge is 0.0573 e. The topological polar surface area (TPSA) is 20.2 Å². The van der Waals surface area contributed by atoms with Crippen LogP contribution < -0.4 is 0 Å². The summed E-state index contributed by atoms with van der Waals surface area (Å²) in [6, 6.07) is 0. The van der Waals surface area contributed by atoms with Crippen LogP contribution in [0.25, 0.3) is 0 Å². The highest BCUT2D eigenvalue weighted by atomic mass is 16.3. The van der Waals surface area contributed by atoms with Gasteiger partial charge in [-0.2, -0.15) is 0 Å². The third-order valence-electron chi connectivity index (χ3n) is 2.29. The Morgan fingerprint density at radius 3 is 2.20 bits per heavy atom. The second kappa shape index (κ2) is 2.54. The largest absolute Gasteiger partial charge is 0.393 e. The van der Waals surface area contributed by atoms with Crippen LogP contribution in [0, 0.1) is 11.3 Å². The molecule has 0 spiro atoms. The van der Waals surface area contributed by atoms with Gasteiger partial charge >= 0.3 is 0 Å². The van der Waals surface area contributed by atoms with Crippen molar-refractivity contribution in [2.45, 2.75) is 46.1 Å². The van der Waals surface area contributed by atoms with Crippen molar-refractivity contribution in [2.24, 2.45) is 11.3 Å². The molecule has 0 bridgehead atoms. The first-order valence-corrected chi connectivity index (χ1v) is 3.90. The van der Waals surface area contributed by atoms with Crippen LogP contribution in [0.15, 0.2) is 0 Å². The van der Waals surface area contributed by atoms with Crippen molar-refractivity contribution in [1.82, 2.24) is 0 Å². The van der Waals surface area contributed by atoms with Gasteiger partial charge in [0.25, 0.3) is 0 Å². The van der Waals surface area contributed by atoms with Crippen LogP contribution in [-0.2, 0) is 0 Å². The Labute approximate surface area is 66.3 Å². The summed E-state index contributed by atoms with van der Waals surface area (Å²) >= 11 is 0. The quantitative estimate of drug-likeness (QED) is 0.552. The summed E-state index contributed by atoms with van der Waals surface area (Å²) < 4.78 is 15.1. The maximum atomic E-state index is 9.62. The molecule has 1 nitrogen and oxygen atoms in total. The fourth-order valence-corrected chi connectivity index (χ4v) is 1.55. The second-order valence-corrected chi connectivity index (χ2v) is 4.20. The Morgan fingerprint density at radius 1 is 1.40 bits per heavy atom. The maximum absolute atomic E-state index is 9.62. The predicted molar refractivity (Wildman–Crippen MR) is 42.8 cm³/mol. The minimum Gasteiger partial charge on any atom is -0.393 e. The van der Waals surface area contributed by atoms with Crippen molar-refractivity contribution in [2.75, 3.05) is 0 Å². The Kier molecular flexibility index (Phi) is 1.42. The van der Waals surface area contributed by atoms with E-state index in [9.17, 15) is 5.11 Å². The highest BCUT2D eigenvalue weighted by Gasteiger charge is 2.34. The molecule has 1 aliphatic rings. The van der Waals surface area contributed by atoms with E-state index >= 15 is 0 Å². The lowest BCUT2D eigenvalue weighted by Crippen LogP contribution is -2.27. The molecule has 0 aromatic carbocycles. The summed E-state index contributed by atoms with van der Waals surface area (Å²) in [5, 5.41) is 9.62. The number of hydrogen-bond acceptors (Lipinski definition) is 1. The first-order valence-electron chi connectivity index (χ1n) is 4.90. The van der Waals surface area contributed by atoms with Crippen molar-refractivity contribution in [3.05, 3.63) is 0 Å². The predicted octanol–water partition coefficient (Wildman–Crippen LogP) is 2.19. The van der Waals surface area contributed by atoms with Crippen molar-refractivity contribution >= 4 is 0 Å². The molecule has 0 heterocycles. The minimum absolute atomic E-state index is 0.0171. The van der Waals surface area contributed by atoms with Gasteiger partial charge in [-0.15, -0.1) is 0 Å². The van der Waals surface area contributed by atoms with E-state index in [-0.39, 0.29) is 11.3 Å². The molecule has 10 heavy (non-hydrogen) atoms. The van der Waals surface area contributed by atoms with Crippen molar-refractivity contribution in [3.63, 3.8) is 0 Å². The van der Waals surface area contributed by atoms with Crippen LogP contribution >= 0.6 is 0 Å². The van der Waals surface area contributed by atoms with Crippen LogP contribution in [0.4, 0.5) is 0 Å². The molecule has 1 aliphatic carbocycles. The van der Waals surface area contributed by atoms with Crippen LogP contribution in [0.2, 0.25) is 0 Å². The van der Waals surface area contributed by atoms with Crippen molar-refractivity contribution in [1.29, 1.82) is 0 Å². The molecule has 2 unspecified atom stereocenters. The molecule has 0 radical (unpaired) electrons. The molecule has 2 atom stereocenters. The fourth-order valence-electron chi connectivity index (χ4n) is 1.55. The monoisotopic (exact) mass is 144 g/mol. The SMILES string of the molecule is [2H]C1([2H])CC(O)C(C(C)(C)C)C1. The zero-order valence-electron chi connectivity index (χ0n) is 9.02. The highest BCUT2D eigenvalue weighted by molar-refractivity contribution is 4.85. The molecular weight excluding hydrogens is 124 g/mol. The van der Waals surface area contributed by atoms with Gasteiger partial charge in [-0.25, -0.2) is 0 Å². The van der Waals surface area contributed by atoms with Crippen molar-refractivity contribution in [3.8, 4) is 0 Å². The molecule has 0 aliphatic heterocycles. The van der Waals surface area contributed by atoms with E-state index in [2.05, 4.69) is 20.8 Å².